The zero-order chi connectivity index (χ0) is 19.2. The molecule has 2 heterocycles. The molecule has 27 heavy (non-hydrogen) atoms. The molecule has 1 aliphatic rings. The summed E-state index contributed by atoms with van der Waals surface area (Å²) >= 11 is 6.02. The molecule has 0 radical (unpaired) electrons. The Morgan fingerprint density at radius 2 is 2.11 bits per heavy atom. The number of nitrogens with zero attached hydrogens (tertiary/aromatic N) is 3. The van der Waals surface area contributed by atoms with Crippen LogP contribution in [0.4, 0.5) is 5.69 Å². The minimum absolute atomic E-state index is 0.139. The first-order chi connectivity index (χ1) is 13.0. The van der Waals surface area contributed by atoms with E-state index in [0.29, 0.717) is 12.5 Å². The van der Waals surface area contributed by atoms with E-state index >= 15 is 0 Å². The Hall–Kier alpha value is -2.51. The molecule has 1 aromatic carbocycles. The van der Waals surface area contributed by atoms with E-state index in [1.807, 2.05) is 12.3 Å². The summed E-state index contributed by atoms with van der Waals surface area (Å²) in [5.74, 6) is 0.0121. The molecule has 1 N–H and O–H groups in total. The summed E-state index contributed by atoms with van der Waals surface area (Å²) in [6.45, 7) is 3.36. The van der Waals surface area contributed by atoms with Gasteiger partial charge in [-0.25, -0.2) is 0 Å². The first kappa shape index (κ1) is 19.3. The van der Waals surface area contributed by atoms with Gasteiger partial charge in [0.15, 0.2) is 0 Å². The van der Waals surface area contributed by atoms with Crippen molar-refractivity contribution in [2.75, 3.05) is 19.6 Å². The molecule has 1 saturated heterocycles. The maximum absolute atomic E-state index is 12.4. The van der Waals surface area contributed by atoms with Gasteiger partial charge in [-0.3, -0.25) is 24.8 Å². The topological polar surface area (TPSA) is 88.4 Å². The van der Waals surface area contributed by atoms with Crippen LogP contribution in [0.3, 0.4) is 0 Å². The van der Waals surface area contributed by atoms with Crippen molar-refractivity contribution in [2.24, 2.45) is 5.92 Å². The molecule has 0 bridgehead atoms. The molecule has 1 aliphatic heterocycles. The number of halogens is 1. The van der Waals surface area contributed by atoms with Crippen molar-refractivity contribution in [1.29, 1.82) is 0 Å². The number of aromatic nitrogens is 1. The number of amides is 1. The molecule has 142 valence electrons. The minimum Gasteiger partial charge on any atom is -0.352 e. The number of non-ortho nitro benzene ring substituents is 1. The molecule has 3 rings (SSSR count). The van der Waals surface area contributed by atoms with E-state index in [9.17, 15) is 14.9 Å². The second kappa shape index (κ2) is 8.92. The van der Waals surface area contributed by atoms with E-state index in [2.05, 4.69) is 21.3 Å². The van der Waals surface area contributed by atoms with Gasteiger partial charge in [-0.2, -0.15) is 0 Å². The molecule has 0 unspecified atom stereocenters. The summed E-state index contributed by atoms with van der Waals surface area (Å²) in [5.41, 5.74) is 1.19. The highest BCUT2D eigenvalue weighted by atomic mass is 35.5. The van der Waals surface area contributed by atoms with E-state index in [-0.39, 0.29) is 22.2 Å². The first-order valence-corrected chi connectivity index (χ1v) is 9.24. The second-order valence-electron chi connectivity index (χ2n) is 6.71. The van der Waals surface area contributed by atoms with Gasteiger partial charge in [-0.1, -0.05) is 17.7 Å². The highest BCUT2D eigenvalue weighted by molar-refractivity contribution is 6.33. The molecule has 7 nitrogen and oxygen atoms in total. The molecular weight excluding hydrogens is 368 g/mol. The lowest BCUT2D eigenvalue weighted by Crippen LogP contribution is -2.38. The van der Waals surface area contributed by atoms with Crippen LogP contribution in [0.1, 0.15) is 28.8 Å². The summed E-state index contributed by atoms with van der Waals surface area (Å²) in [7, 11) is 0. The standard InChI is InChI=1S/C19H21ClN4O3/c20-18-4-3-16(24(26)27)10-17(18)19(25)22-12-14-5-8-23(9-6-14)13-15-2-1-7-21-11-15/h1-4,7,10-11,14H,5-6,8-9,12-13H2,(H,22,25). The van der Waals surface area contributed by atoms with Gasteiger partial charge in [0, 0.05) is 37.6 Å². The molecule has 0 atom stereocenters. The molecule has 0 aliphatic carbocycles. The predicted molar refractivity (Wildman–Crippen MR) is 103 cm³/mol. The molecule has 2 aromatic rings. The average Bonchev–Trinajstić information content (AvgIpc) is 2.68. The van der Waals surface area contributed by atoms with Crippen LogP contribution in [-0.2, 0) is 6.54 Å². The largest absolute Gasteiger partial charge is 0.352 e. The smallest absolute Gasteiger partial charge is 0.270 e. The van der Waals surface area contributed by atoms with Crippen molar-refractivity contribution >= 4 is 23.2 Å². The highest BCUT2D eigenvalue weighted by Gasteiger charge is 2.21. The Kier molecular flexibility index (Phi) is 6.36. The summed E-state index contributed by atoms with van der Waals surface area (Å²) in [5, 5.41) is 14.0. The Bertz CT molecular complexity index is 808. The summed E-state index contributed by atoms with van der Waals surface area (Å²) in [6.07, 6.45) is 5.63. The monoisotopic (exact) mass is 388 g/mol. The fourth-order valence-electron chi connectivity index (χ4n) is 3.23. The number of benzene rings is 1. The first-order valence-electron chi connectivity index (χ1n) is 8.86. The van der Waals surface area contributed by atoms with E-state index in [1.165, 1.54) is 23.8 Å². The maximum atomic E-state index is 12.4. The zero-order valence-electron chi connectivity index (χ0n) is 14.8. The van der Waals surface area contributed by atoms with Crippen LogP contribution in [0.5, 0.6) is 0 Å². The Morgan fingerprint density at radius 3 is 2.78 bits per heavy atom. The Morgan fingerprint density at radius 1 is 1.33 bits per heavy atom. The normalized spacial score (nSPS) is 15.4. The number of likely N-dealkylation sites (tertiary alicyclic amines) is 1. The second-order valence-corrected chi connectivity index (χ2v) is 7.12. The number of nitrogens with one attached hydrogen (secondary N) is 1. The van der Waals surface area contributed by atoms with Crippen LogP contribution in [0, 0.1) is 16.0 Å². The average molecular weight is 389 g/mol. The Labute approximate surface area is 162 Å². The van der Waals surface area contributed by atoms with Crippen molar-refractivity contribution in [2.45, 2.75) is 19.4 Å². The fourth-order valence-corrected chi connectivity index (χ4v) is 3.43. The van der Waals surface area contributed by atoms with Gasteiger partial charge in [-0.05, 0) is 49.5 Å². The summed E-state index contributed by atoms with van der Waals surface area (Å²) < 4.78 is 0. The number of carbonyl (C=O) groups excluding carboxylic acids is 1. The van der Waals surface area contributed by atoms with Crippen LogP contribution in [0.15, 0.2) is 42.7 Å². The lowest BCUT2D eigenvalue weighted by Gasteiger charge is -2.32. The van der Waals surface area contributed by atoms with Gasteiger partial charge < -0.3 is 5.32 Å². The number of hydrogen-bond donors (Lipinski definition) is 1. The van der Waals surface area contributed by atoms with Crippen LogP contribution < -0.4 is 5.32 Å². The van der Waals surface area contributed by atoms with Gasteiger partial charge in [-0.15, -0.1) is 0 Å². The number of nitro benzene ring substituents is 1. The highest BCUT2D eigenvalue weighted by Crippen LogP contribution is 2.23. The van der Waals surface area contributed by atoms with Crippen molar-refractivity contribution in [3.63, 3.8) is 0 Å². The van der Waals surface area contributed by atoms with E-state index in [0.717, 1.165) is 32.5 Å². The predicted octanol–water partition coefficient (Wildman–Crippen LogP) is 3.29. The lowest BCUT2D eigenvalue weighted by atomic mass is 9.96. The van der Waals surface area contributed by atoms with Gasteiger partial charge in [0.25, 0.3) is 11.6 Å². The van der Waals surface area contributed by atoms with E-state index < -0.39 is 4.92 Å². The number of rotatable bonds is 6. The number of hydrogen-bond acceptors (Lipinski definition) is 5. The van der Waals surface area contributed by atoms with Crippen LogP contribution in [-0.4, -0.2) is 40.3 Å². The third-order valence-corrected chi connectivity index (χ3v) is 5.12. The molecular formula is C19H21ClN4O3. The molecule has 0 saturated carbocycles. The lowest BCUT2D eigenvalue weighted by molar-refractivity contribution is -0.384. The van der Waals surface area contributed by atoms with Gasteiger partial charge >= 0.3 is 0 Å². The number of nitro groups is 1. The third-order valence-electron chi connectivity index (χ3n) is 4.79. The van der Waals surface area contributed by atoms with E-state index in [1.54, 1.807) is 6.20 Å². The van der Waals surface area contributed by atoms with Crippen LogP contribution in [0.2, 0.25) is 5.02 Å². The van der Waals surface area contributed by atoms with Gasteiger partial charge in [0.2, 0.25) is 0 Å². The van der Waals surface area contributed by atoms with Gasteiger partial charge in [0.1, 0.15) is 0 Å². The summed E-state index contributed by atoms with van der Waals surface area (Å²) in [4.78, 5) is 29.2. The fraction of sp³-hybridized carbons (Fsp3) is 0.368. The van der Waals surface area contributed by atoms with Crippen molar-refractivity contribution in [1.82, 2.24) is 15.2 Å². The van der Waals surface area contributed by atoms with Crippen molar-refractivity contribution in [3.05, 3.63) is 69.0 Å². The third kappa shape index (κ3) is 5.24. The maximum Gasteiger partial charge on any atom is 0.270 e. The molecule has 8 heteroatoms. The quantitative estimate of drug-likeness (QED) is 0.606. The number of piperidine rings is 1. The molecule has 1 aromatic heterocycles. The number of carbonyl (C=O) groups is 1. The van der Waals surface area contributed by atoms with Crippen molar-refractivity contribution in [3.8, 4) is 0 Å². The molecule has 0 spiro atoms. The van der Waals surface area contributed by atoms with Crippen LogP contribution in [0.25, 0.3) is 0 Å². The van der Waals surface area contributed by atoms with Crippen LogP contribution >= 0.6 is 11.6 Å². The molecule has 1 fully saturated rings. The van der Waals surface area contributed by atoms with E-state index in [4.69, 9.17) is 11.6 Å². The molecule has 1 amide bonds. The summed E-state index contributed by atoms with van der Waals surface area (Å²) in [6, 6.07) is 7.90. The number of pyridine rings is 1. The van der Waals surface area contributed by atoms with Crippen molar-refractivity contribution < 1.29 is 9.72 Å². The Balaban J connectivity index is 1.48. The van der Waals surface area contributed by atoms with Gasteiger partial charge in [0.05, 0.1) is 15.5 Å². The SMILES string of the molecule is O=C(NCC1CCN(Cc2cccnc2)CC1)c1cc([N+](=O)[O-])ccc1Cl. The zero-order valence-corrected chi connectivity index (χ0v) is 15.6. The minimum atomic E-state index is -0.537.